The second kappa shape index (κ2) is 9.76. The van der Waals surface area contributed by atoms with Crippen molar-refractivity contribution in [2.75, 3.05) is 0 Å². The maximum atomic E-state index is 14.0. The molecule has 3 aliphatic rings. The molecule has 3 nitrogen and oxygen atoms in total. The van der Waals surface area contributed by atoms with Crippen LogP contribution in [0, 0.1) is 17.3 Å². The van der Waals surface area contributed by atoms with Crippen molar-refractivity contribution in [2.24, 2.45) is 17.3 Å². The first kappa shape index (κ1) is 24.4. The summed E-state index contributed by atoms with van der Waals surface area (Å²) in [5, 5.41) is 0. The van der Waals surface area contributed by atoms with Crippen LogP contribution in [0.3, 0.4) is 0 Å². The SMILES string of the molecule is CC[C@]12CC(=O)[C@]3(C)c4ccc(OCc5ccccc5)cc4CC[C@H]3[C@@H]1C[C@@H](OCc1ccccc1)C2. The van der Waals surface area contributed by atoms with Gasteiger partial charge >= 0.3 is 0 Å². The van der Waals surface area contributed by atoms with Crippen molar-refractivity contribution in [3.63, 3.8) is 0 Å². The summed E-state index contributed by atoms with van der Waals surface area (Å²) in [7, 11) is 0. The van der Waals surface area contributed by atoms with Crippen LogP contribution in [-0.4, -0.2) is 11.9 Å². The molecule has 0 unspecified atom stereocenters. The van der Waals surface area contributed by atoms with Crippen LogP contribution < -0.4 is 4.74 Å². The van der Waals surface area contributed by atoms with Crippen LogP contribution in [0.15, 0.2) is 78.9 Å². The molecule has 0 saturated heterocycles. The van der Waals surface area contributed by atoms with Gasteiger partial charge in [-0.25, -0.2) is 0 Å². The molecule has 192 valence electrons. The molecule has 0 aliphatic heterocycles. The van der Waals surface area contributed by atoms with Gasteiger partial charge in [0.05, 0.1) is 18.1 Å². The normalized spacial score (nSPS) is 30.3. The summed E-state index contributed by atoms with van der Waals surface area (Å²) in [5.41, 5.74) is 4.58. The van der Waals surface area contributed by atoms with Crippen LogP contribution in [0.1, 0.15) is 68.2 Å². The molecule has 0 N–H and O–H groups in total. The van der Waals surface area contributed by atoms with Gasteiger partial charge in [-0.3, -0.25) is 4.79 Å². The van der Waals surface area contributed by atoms with Crippen LogP contribution in [0.4, 0.5) is 0 Å². The summed E-state index contributed by atoms with van der Waals surface area (Å²) in [5.74, 6) is 2.23. The van der Waals surface area contributed by atoms with Crippen molar-refractivity contribution >= 4 is 5.78 Å². The molecule has 37 heavy (non-hydrogen) atoms. The number of ether oxygens (including phenoxy) is 2. The molecule has 3 heteroatoms. The first-order valence-electron chi connectivity index (χ1n) is 14.0. The van der Waals surface area contributed by atoms with Crippen molar-refractivity contribution < 1.29 is 14.3 Å². The standard InChI is InChI=1S/C34H38O3/c1-3-34-20-28(37-23-25-12-8-5-9-13-25)19-31(34)30-16-14-26-18-27(36-22-24-10-6-4-7-11-24)15-17-29(26)33(30,2)32(35)21-34/h4-13,15,17-18,28,30-31H,3,14,16,19-23H2,1-2H3/t28-,30+,31+,33-,34+/m1/s1. The van der Waals surface area contributed by atoms with Gasteiger partial charge in [-0.2, -0.15) is 0 Å². The highest BCUT2D eigenvalue weighted by Gasteiger charge is 2.62. The smallest absolute Gasteiger partial charge is 0.143 e. The van der Waals surface area contributed by atoms with Gasteiger partial charge < -0.3 is 9.47 Å². The van der Waals surface area contributed by atoms with Crippen molar-refractivity contribution in [1.82, 2.24) is 0 Å². The predicted molar refractivity (Wildman–Crippen MR) is 146 cm³/mol. The molecular weight excluding hydrogens is 456 g/mol. The maximum Gasteiger partial charge on any atom is 0.143 e. The molecule has 0 aromatic heterocycles. The highest BCUT2D eigenvalue weighted by Crippen LogP contribution is 2.63. The molecule has 2 fully saturated rings. The van der Waals surface area contributed by atoms with Crippen molar-refractivity contribution in [2.45, 2.75) is 77.1 Å². The second-order valence-electron chi connectivity index (χ2n) is 11.7. The zero-order chi connectivity index (χ0) is 25.5. The van der Waals surface area contributed by atoms with Gasteiger partial charge in [0, 0.05) is 6.42 Å². The predicted octanol–water partition coefficient (Wildman–Crippen LogP) is 7.45. The Kier molecular flexibility index (Phi) is 6.44. The molecular formula is C34H38O3. The number of hydrogen-bond acceptors (Lipinski definition) is 3. The fraction of sp³-hybridized carbons (Fsp3) is 0.441. The molecule has 0 heterocycles. The van der Waals surface area contributed by atoms with Gasteiger partial charge in [0.1, 0.15) is 18.1 Å². The fourth-order valence-electron chi connectivity index (χ4n) is 7.84. The summed E-state index contributed by atoms with van der Waals surface area (Å²) in [4.78, 5) is 14.0. The quantitative estimate of drug-likeness (QED) is 0.342. The van der Waals surface area contributed by atoms with Crippen molar-refractivity contribution in [1.29, 1.82) is 0 Å². The highest BCUT2D eigenvalue weighted by molar-refractivity contribution is 5.92. The zero-order valence-electron chi connectivity index (χ0n) is 22.1. The molecule has 3 aliphatic carbocycles. The summed E-state index contributed by atoms with van der Waals surface area (Å²) in [6.07, 6.45) is 6.13. The first-order valence-corrected chi connectivity index (χ1v) is 14.0. The number of Topliss-reactive ketones (excluding diaryl/α,β-unsaturated/α-hetero) is 1. The summed E-state index contributed by atoms with van der Waals surface area (Å²) < 4.78 is 12.6. The average molecular weight is 495 g/mol. The third-order valence-electron chi connectivity index (χ3n) is 9.90. The van der Waals surface area contributed by atoms with E-state index < -0.39 is 5.41 Å². The van der Waals surface area contributed by atoms with Crippen LogP contribution in [-0.2, 0) is 34.6 Å². The van der Waals surface area contributed by atoms with Gasteiger partial charge in [0.25, 0.3) is 0 Å². The number of rotatable bonds is 7. The van der Waals surface area contributed by atoms with E-state index in [0.29, 0.717) is 37.3 Å². The van der Waals surface area contributed by atoms with E-state index in [1.165, 1.54) is 16.7 Å². The Morgan fingerprint density at radius 3 is 2.30 bits per heavy atom. The Morgan fingerprint density at radius 2 is 1.59 bits per heavy atom. The molecule has 2 saturated carbocycles. The zero-order valence-corrected chi connectivity index (χ0v) is 22.1. The topological polar surface area (TPSA) is 35.5 Å². The Balaban J connectivity index is 1.22. The average Bonchev–Trinajstić information content (AvgIpc) is 3.30. The Morgan fingerprint density at radius 1 is 0.892 bits per heavy atom. The lowest BCUT2D eigenvalue weighted by molar-refractivity contribution is -0.138. The number of fused-ring (bicyclic) bond motifs is 5. The molecule has 0 amide bonds. The Hall–Kier alpha value is -2.91. The lowest BCUT2D eigenvalue weighted by Gasteiger charge is -2.54. The molecule has 0 spiro atoms. The number of carbonyl (C=O) groups is 1. The minimum Gasteiger partial charge on any atom is -0.489 e. The van der Waals surface area contributed by atoms with Crippen LogP contribution in [0.25, 0.3) is 0 Å². The van der Waals surface area contributed by atoms with E-state index in [-0.39, 0.29) is 11.5 Å². The molecule has 6 rings (SSSR count). The van der Waals surface area contributed by atoms with E-state index >= 15 is 0 Å². The number of hydrogen-bond donors (Lipinski definition) is 0. The third-order valence-corrected chi connectivity index (χ3v) is 9.90. The summed E-state index contributed by atoms with van der Waals surface area (Å²) >= 11 is 0. The maximum absolute atomic E-state index is 14.0. The van der Waals surface area contributed by atoms with Crippen molar-refractivity contribution in [3.8, 4) is 5.75 Å². The highest BCUT2D eigenvalue weighted by atomic mass is 16.5. The lowest BCUT2D eigenvalue weighted by atomic mass is 9.48. The lowest BCUT2D eigenvalue weighted by Crippen LogP contribution is -2.55. The van der Waals surface area contributed by atoms with E-state index in [1.807, 2.05) is 24.3 Å². The fourth-order valence-corrected chi connectivity index (χ4v) is 7.84. The van der Waals surface area contributed by atoms with E-state index in [4.69, 9.17) is 9.47 Å². The van der Waals surface area contributed by atoms with Crippen LogP contribution in [0.5, 0.6) is 5.75 Å². The van der Waals surface area contributed by atoms with E-state index in [0.717, 1.165) is 43.4 Å². The molecule has 5 atom stereocenters. The van der Waals surface area contributed by atoms with Gasteiger partial charge in [-0.1, -0.05) is 73.7 Å². The number of carbonyl (C=O) groups excluding carboxylic acids is 1. The van der Waals surface area contributed by atoms with Crippen LogP contribution in [0.2, 0.25) is 0 Å². The number of ketones is 1. The molecule has 3 aromatic carbocycles. The Bertz CT molecular complexity index is 1250. The minimum atomic E-state index is -0.413. The molecule has 3 aromatic rings. The molecule has 0 radical (unpaired) electrons. The Labute approximate surface area is 221 Å². The van der Waals surface area contributed by atoms with Gasteiger partial charge in [0.2, 0.25) is 0 Å². The van der Waals surface area contributed by atoms with E-state index in [9.17, 15) is 4.79 Å². The van der Waals surface area contributed by atoms with Gasteiger partial charge in [-0.05, 0) is 90.7 Å². The largest absolute Gasteiger partial charge is 0.489 e. The summed E-state index contributed by atoms with van der Waals surface area (Å²) in [6, 6.07) is 27.2. The third kappa shape index (κ3) is 4.32. The van der Waals surface area contributed by atoms with Gasteiger partial charge in [0.15, 0.2) is 0 Å². The summed E-state index contributed by atoms with van der Waals surface area (Å²) in [6.45, 7) is 5.74. The number of aryl methyl sites for hydroxylation is 1. The van der Waals surface area contributed by atoms with Crippen LogP contribution >= 0.6 is 0 Å². The monoisotopic (exact) mass is 494 g/mol. The first-order chi connectivity index (χ1) is 18.0. The minimum absolute atomic E-state index is 0.0822. The number of benzene rings is 3. The van der Waals surface area contributed by atoms with Gasteiger partial charge in [-0.15, -0.1) is 0 Å². The molecule has 0 bridgehead atoms. The van der Waals surface area contributed by atoms with E-state index in [2.05, 4.69) is 68.4 Å². The second-order valence-corrected chi connectivity index (χ2v) is 11.7. The van der Waals surface area contributed by atoms with Crippen molar-refractivity contribution in [3.05, 3.63) is 101 Å². The van der Waals surface area contributed by atoms with E-state index in [1.54, 1.807) is 0 Å².